The van der Waals surface area contributed by atoms with Crippen LogP contribution >= 0.6 is 12.2 Å². The number of hydrogen-bond donors (Lipinski definition) is 2. The first-order valence-electron chi connectivity index (χ1n) is 8.86. The standard InChI is InChI=1S/C20H15N3O6S/c24-19(17-7-6-15(29-17)12-2-1-3-14(10-12)23(25)26)22-20(30)21-13-4-5-16-18(11-13)28-9-8-27-16/h1-7,10-11H,8-9H2,(H2,21,22,24,30). The van der Waals surface area contributed by atoms with Gasteiger partial charge in [-0.1, -0.05) is 12.1 Å². The Morgan fingerprint density at radius 1 is 1.03 bits per heavy atom. The van der Waals surface area contributed by atoms with Gasteiger partial charge in [0.15, 0.2) is 22.4 Å². The zero-order chi connectivity index (χ0) is 21.1. The van der Waals surface area contributed by atoms with Crippen molar-refractivity contribution in [2.75, 3.05) is 18.5 Å². The molecular weight excluding hydrogens is 410 g/mol. The highest BCUT2D eigenvalue weighted by Gasteiger charge is 2.16. The Kier molecular flexibility index (Phi) is 5.31. The third-order valence-electron chi connectivity index (χ3n) is 4.20. The summed E-state index contributed by atoms with van der Waals surface area (Å²) in [4.78, 5) is 22.8. The van der Waals surface area contributed by atoms with E-state index in [0.29, 0.717) is 41.7 Å². The molecule has 1 aliphatic rings. The van der Waals surface area contributed by atoms with Crippen LogP contribution in [0, 0.1) is 10.1 Å². The van der Waals surface area contributed by atoms with Crippen LogP contribution in [0.3, 0.4) is 0 Å². The fourth-order valence-corrected chi connectivity index (χ4v) is 3.05. The number of anilines is 1. The topological polar surface area (TPSA) is 116 Å². The van der Waals surface area contributed by atoms with Crippen molar-refractivity contribution in [3.05, 3.63) is 70.5 Å². The Morgan fingerprint density at radius 3 is 2.63 bits per heavy atom. The normalized spacial score (nSPS) is 12.1. The first-order valence-corrected chi connectivity index (χ1v) is 9.27. The number of fused-ring (bicyclic) bond motifs is 1. The smallest absolute Gasteiger partial charge is 0.293 e. The predicted octanol–water partition coefficient (Wildman–Crippen LogP) is 3.75. The lowest BCUT2D eigenvalue weighted by Crippen LogP contribution is -2.33. The Balaban J connectivity index is 1.41. The molecule has 4 rings (SSSR count). The number of non-ortho nitro benzene ring substituents is 1. The molecule has 0 aliphatic carbocycles. The van der Waals surface area contributed by atoms with Crippen LogP contribution in [0.25, 0.3) is 11.3 Å². The Morgan fingerprint density at radius 2 is 1.83 bits per heavy atom. The maximum absolute atomic E-state index is 12.4. The molecule has 2 aromatic carbocycles. The van der Waals surface area contributed by atoms with E-state index in [1.807, 2.05) is 0 Å². The van der Waals surface area contributed by atoms with Crippen LogP contribution < -0.4 is 20.1 Å². The van der Waals surface area contributed by atoms with Gasteiger partial charge in [0, 0.05) is 29.4 Å². The molecule has 0 bridgehead atoms. The summed E-state index contributed by atoms with van der Waals surface area (Å²) < 4.78 is 16.5. The zero-order valence-electron chi connectivity index (χ0n) is 15.4. The number of carbonyl (C=O) groups excluding carboxylic acids is 1. The average Bonchev–Trinajstić information content (AvgIpc) is 3.24. The summed E-state index contributed by atoms with van der Waals surface area (Å²) in [5.74, 6) is 1.03. The first kappa shape index (κ1) is 19.4. The highest BCUT2D eigenvalue weighted by molar-refractivity contribution is 7.80. The van der Waals surface area contributed by atoms with E-state index < -0.39 is 10.8 Å². The van der Waals surface area contributed by atoms with Gasteiger partial charge >= 0.3 is 0 Å². The minimum atomic E-state index is -0.554. The van der Waals surface area contributed by atoms with E-state index in [-0.39, 0.29) is 16.6 Å². The number of nitro benzene ring substituents is 1. The van der Waals surface area contributed by atoms with Crippen molar-refractivity contribution in [2.24, 2.45) is 0 Å². The fraction of sp³-hybridized carbons (Fsp3) is 0.100. The molecule has 0 saturated heterocycles. The van der Waals surface area contributed by atoms with Crippen molar-refractivity contribution >= 4 is 34.6 Å². The summed E-state index contributed by atoms with van der Waals surface area (Å²) >= 11 is 5.18. The summed E-state index contributed by atoms with van der Waals surface area (Å²) in [5.41, 5.74) is 1.04. The molecule has 152 valence electrons. The summed E-state index contributed by atoms with van der Waals surface area (Å²) in [5, 5.41) is 16.4. The van der Waals surface area contributed by atoms with Crippen molar-refractivity contribution in [3.8, 4) is 22.8 Å². The van der Waals surface area contributed by atoms with Crippen molar-refractivity contribution in [1.82, 2.24) is 5.32 Å². The molecule has 3 aromatic rings. The number of nitrogens with one attached hydrogen (secondary N) is 2. The van der Waals surface area contributed by atoms with E-state index in [4.69, 9.17) is 26.1 Å². The van der Waals surface area contributed by atoms with Crippen LogP contribution in [-0.2, 0) is 0 Å². The van der Waals surface area contributed by atoms with E-state index in [1.165, 1.54) is 18.2 Å². The molecule has 0 saturated carbocycles. The van der Waals surface area contributed by atoms with E-state index >= 15 is 0 Å². The van der Waals surface area contributed by atoms with Gasteiger partial charge < -0.3 is 19.2 Å². The highest BCUT2D eigenvalue weighted by atomic mass is 32.1. The quantitative estimate of drug-likeness (QED) is 0.369. The van der Waals surface area contributed by atoms with Crippen molar-refractivity contribution in [3.63, 3.8) is 0 Å². The number of nitro groups is 1. The lowest BCUT2D eigenvalue weighted by molar-refractivity contribution is -0.384. The number of amides is 1. The number of benzene rings is 2. The third kappa shape index (κ3) is 4.23. The largest absolute Gasteiger partial charge is 0.486 e. The van der Waals surface area contributed by atoms with Gasteiger partial charge in [-0.25, -0.2) is 0 Å². The highest BCUT2D eigenvalue weighted by Crippen LogP contribution is 2.32. The number of thiocarbonyl (C=S) groups is 1. The van der Waals surface area contributed by atoms with Crippen LogP contribution in [0.2, 0.25) is 0 Å². The van der Waals surface area contributed by atoms with Crippen molar-refractivity contribution in [1.29, 1.82) is 0 Å². The molecule has 0 fully saturated rings. The van der Waals surface area contributed by atoms with E-state index in [2.05, 4.69) is 10.6 Å². The molecule has 2 heterocycles. The van der Waals surface area contributed by atoms with Crippen LogP contribution in [0.5, 0.6) is 11.5 Å². The summed E-state index contributed by atoms with van der Waals surface area (Å²) in [7, 11) is 0. The van der Waals surface area contributed by atoms with Gasteiger partial charge in [-0.3, -0.25) is 20.2 Å². The molecule has 2 N–H and O–H groups in total. The number of rotatable bonds is 4. The number of nitrogens with zero attached hydrogens (tertiary/aromatic N) is 1. The Hall–Kier alpha value is -3.92. The Bertz CT molecular complexity index is 1140. The number of furan rings is 1. The van der Waals surface area contributed by atoms with Gasteiger partial charge in [-0.2, -0.15) is 0 Å². The molecule has 1 aliphatic heterocycles. The molecule has 1 aromatic heterocycles. The predicted molar refractivity (Wildman–Crippen MR) is 112 cm³/mol. The summed E-state index contributed by atoms with van der Waals surface area (Å²) in [6.07, 6.45) is 0. The molecule has 0 spiro atoms. The maximum atomic E-state index is 12.4. The van der Waals surface area contributed by atoms with E-state index in [1.54, 1.807) is 36.4 Å². The number of ether oxygens (including phenoxy) is 2. The molecule has 10 heteroatoms. The minimum absolute atomic E-state index is 0.0165. The van der Waals surface area contributed by atoms with Gasteiger partial charge in [0.2, 0.25) is 0 Å². The summed E-state index contributed by atoms with van der Waals surface area (Å²) in [6.45, 7) is 0.957. The lowest BCUT2D eigenvalue weighted by Gasteiger charge is -2.19. The van der Waals surface area contributed by atoms with E-state index in [9.17, 15) is 14.9 Å². The molecule has 0 radical (unpaired) electrons. The second-order valence-corrected chi connectivity index (χ2v) is 6.65. The van der Waals surface area contributed by atoms with Gasteiger partial charge in [-0.15, -0.1) is 0 Å². The van der Waals surface area contributed by atoms with Crippen LogP contribution in [0.1, 0.15) is 10.6 Å². The number of carbonyl (C=O) groups is 1. The Labute approximate surface area is 175 Å². The van der Waals surface area contributed by atoms with Gasteiger partial charge in [0.25, 0.3) is 11.6 Å². The molecule has 30 heavy (non-hydrogen) atoms. The number of hydrogen-bond acceptors (Lipinski definition) is 7. The van der Waals surface area contributed by atoms with Crippen LogP contribution in [-0.4, -0.2) is 29.2 Å². The first-order chi connectivity index (χ1) is 14.5. The molecule has 9 nitrogen and oxygen atoms in total. The minimum Gasteiger partial charge on any atom is -0.486 e. The fourth-order valence-electron chi connectivity index (χ4n) is 2.84. The molecule has 0 atom stereocenters. The molecule has 1 amide bonds. The third-order valence-corrected chi connectivity index (χ3v) is 4.40. The monoisotopic (exact) mass is 425 g/mol. The van der Waals surface area contributed by atoms with Gasteiger partial charge in [-0.05, 0) is 36.5 Å². The average molecular weight is 425 g/mol. The van der Waals surface area contributed by atoms with Crippen LogP contribution in [0.4, 0.5) is 11.4 Å². The van der Waals surface area contributed by atoms with Crippen molar-refractivity contribution in [2.45, 2.75) is 0 Å². The molecular formula is C20H15N3O6S. The van der Waals surface area contributed by atoms with Gasteiger partial charge in [0.05, 0.1) is 4.92 Å². The van der Waals surface area contributed by atoms with Gasteiger partial charge in [0.1, 0.15) is 19.0 Å². The molecule has 0 unspecified atom stereocenters. The van der Waals surface area contributed by atoms with Crippen molar-refractivity contribution < 1.29 is 23.6 Å². The van der Waals surface area contributed by atoms with E-state index in [0.717, 1.165) is 0 Å². The second kappa shape index (κ2) is 8.21. The SMILES string of the molecule is O=C(NC(=S)Nc1ccc2c(c1)OCCO2)c1ccc(-c2cccc([N+](=O)[O-])c2)o1. The summed E-state index contributed by atoms with van der Waals surface area (Å²) in [6, 6.07) is 14.2. The zero-order valence-corrected chi connectivity index (χ0v) is 16.2. The second-order valence-electron chi connectivity index (χ2n) is 6.24. The maximum Gasteiger partial charge on any atom is 0.293 e. The van der Waals surface area contributed by atoms with Crippen LogP contribution in [0.15, 0.2) is 59.0 Å². The lowest BCUT2D eigenvalue weighted by atomic mass is 10.1.